The number of hydrogen-bond donors (Lipinski definition) is 0. The number of hydrogen-bond acceptors (Lipinski definition) is 4. The van der Waals surface area contributed by atoms with Crippen molar-refractivity contribution < 1.29 is 62.6 Å². The number of halogens is 11. The molecule has 0 bridgehead atoms. The lowest BCUT2D eigenvalue weighted by Gasteiger charge is -2.29. The fourth-order valence-corrected chi connectivity index (χ4v) is 2.66. The smallest absolute Gasteiger partial charge is 0.453 e. The molecule has 1 aliphatic heterocycles. The molecule has 0 radical (unpaired) electrons. The highest BCUT2D eigenvalue weighted by Crippen LogP contribution is 2.47. The second-order valence-corrected chi connectivity index (χ2v) is 7.32. The summed E-state index contributed by atoms with van der Waals surface area (Å²) in [5, 5.41) is 0. The molecule has 190 valence electrons. The molecule has 32 heavy (non-hydrogen) atoms. The van der Waals surface area contributed by atoms with E-state index < -0.39 is 68.1 Å². The maximum absolute atomic E-state index is 13.7. The van der Waals surface area contributed by atoms with Crippen molar-refractivity contribution in [2.75, 3.05) is 39.5 Å². The molecule has 0 aliphatic carbocycles. The minimum Gasteiger partial charge on any atom is -0.465 e. The van der Waals surface area contributed by atoms with Crippen molar-refractivity contribution in [1.82, 2.24) is 4.90 Å². The Hall–Kier alpha value is -1.38. The summed E-state index contributed by atoms with van der Waals surface area (Å²) in [5.74, 6) is -22.0. The number of ether oxygens (including phenoxy) is 2. The van der Waals surface area contributed by atoms with E-state index in [1.807, 2.05) is 4.90 Å². The SMILES string of the molecule is O=C(CCN1CCOCC1)OCCC(F)(F)C(F)(F)CCC(F)(F)CC(F)(F)C(F)(F)F. The van der Waals surface area contributed by atoms with Crippen molar-refractivity contribution in [2.24, 2.45) is 0 Å². The van der Waals surface area contributed by atoms with E-state index in [2.05, 4.69) is 4.74 Å². The molecule has 1 heterocycles. The van der Waals surface area contributed by atoms with Crippen LogP contribution < -0.4 is 0 Å². The molecule has 0 aromatic rings. The molecule has 1 aliphatic rings. The van der Waals surface area contributed by atoms with E-state index in [4.69, 9.17) is 4.74 Å². The molecule has 4 nitrogen and oxygen atoms in total. The van der Waals surface area contributed by atoms with Gasteiger partial charge in [0.2, 0.25) is 0 Å². The van der Waals surface area contributed by atoms with Crippen LogP contribution >= 0.6 is 0 Å². The summed E-state index contributed by atoms with van der Waals surface area (Å²) in [6.45, 7) is 0.959. The molecule has 0 saturated carbocycles. The Morgan fingerprint density at radius 1 is 0.781 bits per heavy atom. The summed E-state index contributed by atoms with van der Waals surface area (Å²) >= 11 is 0. The largest absolute Gasteiger partial charge is 0.465 e. The first kappa shape index (κ1) is 28.7. The van der Waals surface area contributed by atoms with Crippen LogP contribution in [0.1, 0.15) is 32.1 Å². The van der Waals surface area contributed by atoms with Gasteiger partial charge in [0, 0.05) is 32.5 Å². The van der Waals surface area contributed by atoms with E-state index in [9.17, 15) is 53.1 Å². The Kier molecular flexibility index (Phi) is 9.58. The fourth-order valence-electron chi connectivity index (χ4n) is 2.66. The number of carbonyl (C=O) groups is 1. The predicted molar refractivity (Wildman–Crippen MR) is 87.1 cm³/mol. The Balaban J connectivity index is 2.48. The Morgan fingerprint density at radius 3 is 1.84 bits per heavy atom. The Labute approximate surface area is 176 Å². The fraction of sp³-hybridized carbons (Fsp3) is 0.941. The normalized spacial score (nSPS) is 17.5. The number of morpholine rings is 1. The molecule has 1 saturated heterocycles. The van der Waals surface area contributed by atoms with E-state index in [0.717, 1.165) is 0 Å². The van der Waals surface area contributed by atoms with Crippen LogP contribution in [0.25, 0.3) is 0 Å². The number of esters is 1. The number of alkyl halides is 11. The van der Waals surface area contributed by atoms with Crippen molar-refractivity contribution in [3.05, 3.63) is 0 Å². The quantitative estimate of drug-likeness (QED) is 0.284. The summed E-state index contributed by atoms with van der Waals surface area (Å²) in [4.78, 5) is 13.3. The minimum atomic E-state index is -6.35. The molecule has 15 heteroatoms. The van der Waals surface area contributed by atoms with Gasteiger partial charge in [-0.25, -0.2) is 8.78 Å². The van der Waals surface area contributed by atoms with Crippen molar-refractivity contribution in [1.29, 1.82) is 0 Å². The van der Waals surface area contributed by atoms with Crippen LogP contribution in [0.3, 0.4) is 0 Å². The van der Waals surface area contributed by atoms with Crippen LogP contribution in [0.15, 0.2) is 0 Å². The summed E-state index contributed by atoms with van der Waals surface area (Å²) in [7, 11) is 0. The third-order valence-corrected chi connectivity index (χ3v) is 4.65. The van der Waals surface area contributed by atoms with Gasteiger partial charge < -0.3 is 9.47 Å². The van der Waals surface area contributed by atoms with Crippen molar-refractivity contribution in [2.45, 2.75) is 62.0 Å². The van der Waals surface area contributed by atoms with Crippen LogP contribution in [0.2, 0.25) is 0 Å². The maximum atomic E-state index is 13.7. The van der Waals surface area contributed by atoms with E-state index >= 15 is 0 Å². The van der Waals surface area contributed by atoms with Crippen LogP contribution in [0.4, 0.5) is 48.3 Å². The van der Waals surface area contributed by atoms with Gasteiger partial charge in [0.25, 0.3) is 5.92 Å². The zero-order valence-electron chi connectivity index (χ0n) is 16.6. The third kappa shape index (κ3) is 8.87. The zero-order valence-corrected chi connectivity index (χ0v) is 16.6. The molecule has 0 spiro atoms. The first-order chi connectivity index (χ1) is 14.4. The van der Waals surface area contributed by atoms with Gasteiger partial charge in [-0.2, -0.15) is 39.5 Å². The molecule has 0 atom stereocenters. The van der Waals surface area contributed by atoms with Gasteiger partial charge >= 0.3 is 29.9 Å². The van der Waals surface area contributed by atoms with Gasteiger partial charge in [0.05, 0.1) is 39.1 Å². The van der Waals surface area contributed by atoms with Crippen molar-refractivity contribution in [3.63, 3.8) is 0 Å². The Bertz CT molecular complexity index is 605. The monoisotopic (exact) mass is 497 g/mol. The van der Waals surface area contributed by atoms with E-state index in [0.29, 0.717) is 26.3 Å². The highest BCUT2D eigenvalue weighted by atomic mass is 19.4. The number of rotatable bonds is 12. The molecule has 0 aromatic heterocycles. The van der Waals surface area contributed by atoms with Gasteiger partial charge in [0.1, 0.15) is 0 Å². The molecule has 0 amide bonds. The minimum absolute atomic E-state index is 0.215. The highest BCUT2D eigenvalue weighted by molar-refractivity contribution is 5.69. The summed E-state index contributed by atoms with van der Waals surface area (Å²) < 4.78 is 152. The second kappa shape index (κ2) is 10.7. The van der Waals surface area contributed by atoms with Gasteiger partial charge in [-0.15, -0.1) is 0 Å². The molecule has 0 N–H and O–H groups in total. The number of carbonyl (C=O) groups excluding carboxylic acids is 1. The molecular formula is C17H22F11NO3. The molecule has 0 aromatic carbocycles. The summed E-state index contributed by atoms with van der Waals surface area (Å²) in [6, 6.07) is 0. The molecular weight excluding hydrogens is 475 g/mol. The Morgan fingerprint density at radius 2 is 1.31 bits per heavy atom. The predicted octanol–water partition coefficient (Wildman–Crippen LogP) is 4.92. The topological polar surface area (TPSA) is 38.8 Å². The van der Waals surface area contributed by atoms with Gasteiger partial charge in [-0.3, -0.25) is 9.69 Å². The van der Waals surface area contributed by atoms with Gasteiger partial charge in [-0.1, -0.05) is 0 Å². The lowest BCUT2D eigenvalue weighted by atomic mass is 9.98. The third-order valence-electron chi connectivity index (χ3n) is 4.65. The van der Waals surface area contributed by atoms with Crippen LogP contribution in [0.5, 0.6) is 0 Å². The molecule has 1 fully saturated rings. The van der Waals surface area contributed by atoms with Crippen molar-refractivity contribution in [3.8, 4) is 0 Å². The number of nitrogens with zero attached hydrogens (tertiary/aromatic N) is 1. The van der Waals surface area contributed by atoms with Crippen LogP contribution in [-0.2, 0) is 14.3 Å². The first-order valence-electron chi connectivity index (χ1n) is 9.42. The summed E-state index contributed by atoms with van der Waals surface area (Å²) in [6.07, 6.45) is -16.2. The van der Waals surface area contributed by atoms with Gasteiger partial charge in [0.15, 0.2) is 0 Å². The lowest BCUT2D eigenvalue weighted by molar-refractivity contribution is -0.302. The average molecular weight is 497 g/mol. The maximum Gasteiger partial charge on any atom is 0.453 e. The van der Waals surface area contributed by atoms with Gasteiger partial charge in [-0.05, 0) is 0 Å². The first-order valence-corrected chi connectivity index (χ1v) is 9.42. The van der Waals surface area contributed by atoms with E-state index in [1.54, 1.807) is 0 Å². The highest BCUT2D eigenvalue weighted by Gasteiger charge is 2.63. The average Bonchev–Trinajstić information content (AvgIpc) is 2.64. The summed E-state index contributed by atoms with van der Waals surface area (Å²) in [5.41, 5.74) is 0. The standard InChI is InChI=1S/C17H22F11NO3/c18-13(19,11-16(24,25)17(26,27)28)2-3-14(20,21)15(22,23)4-8-32-12(30)1-5-29-6-9-31-10-7-29/h1-11H2. The van der Waals surface area contributed by atoms with Crippen molar-refractivity contribution >= 4 is 5.97 Å². The lowest BCUT2D eigenvalue weighted by Crippen LogP contribution is -2.45. The second-order valence-electron chi connectivity index (χ2n) is 7.32. The molecule has 1 rings (SSSR count). The van der Waals surface area contributed by atoms with Crippen LogP contribution in [0, 0.1) is 0 Å². The van der Waals surface area contributed by atoms with Crippen LogP contribution in [-0.4, -0.2) is 80.2 Å². The zero-order chi connectivity index (χ0) is 24.8. The van der Waals surface area contributed by atoms with E-state index in [-0.39, 0.29) is 13.0 Å². The van der Waals surface area contributed by atoms with E-state index in [1.165, 1.54) is 0 Å². The molecule has 0 unspecified atom stereocenters.